The number of aromatic amines is 1. The maximum Gasteiger partial charge on any atom is 0.130 e. The predicted octanol–water partition coefficient (Wildman–Crippen LogP) is 3.56. The van der Waals surface area contributed by atoms with Crippen LogP contribution in [0.2, 0.25) is 0 Å². The molecule has 0 unspecified atom stereocenters. The van der Waals surface area contributed by atoms with Crippen molar-refractivity contribution in [2.45, 2.75) is 46.0 Å². The van der Waals surface area contributed by atoms with Crippen LogP contribution in [0.5, 0.6) is 0 Å². The molecule has 0 saturated heterocycles. The second-order valence-corrected chi connectivity index (χ2v) is 5.34. The van der Waals surface area contributed by atoms with Gasteiger partial charge in [0, 0.05) is 17.0 Å². The fourth-order valence-electron chi connectivity index (χ4n) is 1.15. The first kappa shape index (κ1) is 11.4. The minimum Gasteiger partial charge on any atom is -0.346 e. The highest BCUT2D eigenvalue weighted by Gasteiger charge is 2.15. The Morgan fingerprint density at radius 1 is 1.36 bits per heavy atom. The summed E-state index contributed by atoms with van der Waals surface area (Å²) in [5, 5.41) is 0. The van der Waals surface area contributed by atoms with Gasteiger partial charge in [0.25, 0.3) is 0 Å². The van der Waals surface area contributed by atoms with Crippen LogP contribution in [0, 0.1) is 4.64 Å². The van der Waals surface area contributed by atoms with Crippen LogP contribution in [0.3, 0.4) is 0 Å². The Morgan fingerprint density at radius 3 is 2.36 bits per heavy atom. The fourth-order valence-corrected chi connectivity index (χ4v) is 1.37. The molecule has 0 aliphatic rings. The van der Waals surface area contributed by atoms with E-state index in [0.717, 1.165) is 11.5 Å². The molecule has 0 aliphatic carbocycles. The van der Waals surface area contributed by atoms with E-state index in [9.17, 15) is 0 Å². The minimum absolute atomic E-state index is 0.0974. The van der Waals surface area contributed by atoms with Gasteiger partial charge in [-0.05, 0) is 6.07 Å². The molecule has 0 aliphatic heterocycles. The van der Waals surface area contributed by atoms with E-state index in [1.807, 2.05) is 6.07 Å². The third-order valence-electron chi connectivity index (χ3n) is 2.12. The molecule has 0 atom stereocenters. The molecule has 0 amide bonds. The van der Waals surface area contributed by atoms with Crippen molar-refractivity contribution in [1.29, 1.82) is 0 Å². The van der Waals surface area contributed by atoms with E-state index in [-0.39, 0.29) is 5.41 Å². The number of H-pyrrole nitrogens is 1. The summed E-state index contributed by atoms with van der Waals surface area (Å²) >= 11 is 5.14. The van der Waals surface area contributed by atoms with Gasteiger partial charge in [0.1, 0.15) is 10.5 Å². The van der Waals surface area contributed by atoms with E-state index >= 15 is 0 Å². The zero-order chi connectivity index (χ0) is 10.9. The van der Waals surface area contributed by atoms with Crippen molar-refractivity contribution in [3.63, 3.8) is 0 Å². The minimum atomic E-state index is 0.0974. The lowest BCUT2D eigenvalue weighted by Crippen LogP contribution is -2.15. The zero-order valence-electron chi connectivity index (χ0n) is 9.51. The second kappa shape index (κ2) is 3.81. The standard InChI is InChI=1S/C11H18N2S/c1-7(2)10-12-8(11(3,4)5)6-9(14)13-10/h6-7H,1-5H3,(H,12,13,14). The van der Waals surface area contributed by atoms with Crippen molar-refractivity contribution < 1.29 is 0 Å². The van der Waals surface area contributed by atoms with E-state index in [1.54, 1.807) is 0 Å². The number of aromatic nitrogens is 2. The molecule has 1 heterocycles. The summed E-state index contributed by atoms with van der Waals surface area (Å²) in [7, 11) is 0. The van der Waals surface area contributed by atoms with Gasteiger partial charge < -0.3 is 4.98 Å². The van der Waals surface area contributed by atoms with Gasteiger partial charge in [-0.2, -0.15) is 0 Å². The molecule has 0 aromatic carbocycles. The molecule has 1 aromatic heterocycles. The van der Waals surface area contributed by atoms with E-state index in [4.69, 9.17) is 12.2 Å². The maximum absolute atomic E-state index is 5.14. The average Bonchev–Trinajstić information content (AvgIpc) is 2.01. The van der Waals surface area contributed by atoms with Crippen LogP contribution in [-0.4, -0.2) is 9.97 Å². The third kappa shape index (κ3) is 2.64. The fraction of sp³-hybridized carbons (Fsp3) is 0.636. The van der Waals surface area contributed by atoms with Gasteiger partial charge in [-0.25, -0.2) is 4.98 Å². The molecule has 3 heteroatoms. The Labute approximate surface area is 90.8 Å². The van der Waals surface area contributed by atoms with Crippen molar-refractivity contribution in [3.05, 3.63) is 22.2 Å². The van der Waals surface area contributed by atoms with Gasteiger partial charge in [0.15, 0.2) is 0 Å². The number of nitrogens with zero attached hydrogens (tertiary/aromatic N) is 1. The first-order valence-electron chi connectivity index (χ1n) is 4.92. The van der Waals surface area contributed by atoms with Gasteiger partial charge in [-0.3, -0.25) is 0 Å². The first-order valence-corrected chi connectivity index (χ1v) is 5.33. The topological polar surface area (TPSA) is 28.7 Å². The molecule has 0 radical (unpaired) electrons. The molecule has 0 spiro atoms. The predicted molar refractivity (Wildman–Crippen MR) is 62.2 cm³/mol. The smallest absolute Gasteiger partial charge is 0.130 e. The van der Waals surface area contributed by atoms with Crippen LogP contribution in [-0.2, 0) is 5.41 Å². The molecule has 0 bridgehead atoms. The monoisotopic (exact) mass is 210 g/mol. The highest BCUT2D eigenvalue weighted by atomic mass is 32.1. The molecular formula is C11H18N2S. The van der Waals surface area contributed by atoms with Crippen LogP contribution in [0.1, 0.15) is 52.1 Å². The van der Waals surface area contributed by atoms with Gasteiger partial charge in [0.2, 0.25) is 0 Å². The van der Waals surface area contributed by atoms with Crippen LogP contribution >= 0.6 is 12.2 Å². The van der Waals surface area contributed by atoms with Crippen molar-refractivity contribution in [3.8, 4) is 0 Å². The van der Waals surface area contributed by atoms with Crippen molar-refractivity contribution in [1.82, 2.24) is 9.97 Å². The first-order chi connectivity index (χ1) is 6.30. The summed E-state index contributed by atoms with van der Waals surface area (Å²) in [6, 6.07) is 1.95. The Hall–Kier alpha value is -0.700. The summed E-state index contributed by atoms with van der Waals surface area (Å²) in [4.78, 5) is 7.65. The molecule has 1 aromatic rings. The Bertz CT molecular complexity index is 372. The van der Waals surface area contributed by atoms with Crippen molar-refractivity contribution >= 4 is 12.2 Å². The summed E-state index contributed by atoms with van der Waals surface area (Å²) < 4.78 is 0.678. The second-order valence-electron chi connectivity index (χ2n) is 4.92. The molecule has 14 heavy (non-hydrogen) atoms. The van der Waals surface area contributed by atoms with Gasteiger partial charge in [-0.15, -0.1) is 0 Å². The van der Waals surface area contributed by atoms with Crippen LogP contribution in [0.15, 0.2) is 6.07 Å². The normalized spacial score (nSPS) is 12.1. The summed E-state index contributed by atoms with van der Waals surface area (Å²) in [5.74, 6) is 1.36. The molecule has 0 fully saturated rings. The molecular weight excluding hydrogens is 192 g/mol. The largest absolute Gasteiger partial charge is 0.346 e. The highest BCUT2D eigenvalue weighted by molar-refractivity contribution is 7.71. The van der Waals surface area contributed by atoms with Gasteiger partial charge in [-0.1, -0.05) is 46.8 Å². The quantitative estimate of drug-likeness (QED) is 0.718. The number of nitrogens with one attached hydrogen (secondary N) is 1. The van der Waals surface area contributed by atoms with Crippen LogP contribution < -0.4 is 0 Å². The number of hydrogen-bond acceptors (Lipinski definition) is 2. The van der Waals surface area contributed by atoms with Crippen molar-refractivity contribution in [2.75, 3.05) is 0 Å². The third-order valence-corrected chi connectivity index (χ3v) is 2.33. The lowest BCUT2D eigenvalue weighted by Gasteiger charge is -2.20. The summed E-state index contributed by atoms with van der Waals surface area (Å²) in [5.41, 5.74) is 1.25. The van der Waals surface area contributed by atoms with Crippen molar-refractivity contribution in [2.24, 2.45) is 0 Å². The van der Waals surface area contributed by atoms with E-state index < -0.39 is 0 Å². The average molecular weight is 210 g/mol. The molecule has 0 saturated carbocycles. The Balaban J connectivity index is 3.28. The Kier molecular flexibility index (Phi) is 3.10. The lowest BCUT2D eigenvalue weighted by molar-refractivity contribution is 0.557. The lowest BCUT2D eigenvalue weighted by atomic mass is 9.92. The summed E-state index contributed by atoms with van der Waals surface area (Å²) in [6.07, 6.45) is 0. The summed E-state index contributed by atoms with van der Waals surface area (Å²) in [6.45, 7) is 10.7. The van der Waals surface area contributed by atoms with E-state index in [0.29, 0.717) is 10.6 Å². The molecule has 1 rings (SSSR count). The number of hydrogen-bond donors (Lipinski definition) is 1. The molecule has 2 nitrogen and oxygen atoms in total. The highest BCUT2D eigenvalue weighted by Crippen LogP contribution is 2.21. The van der Waals surface area contributed by atoms with Gasteiger partial charge >= 0.3 is 0 Å². The zero-order valence-corrected chi connectivity index (χ0v) is 10.3. The Morgan fingerprint density at radius 2 is 1.93 bits per heavy atom. The maximum atomic E-state index is 5.14. The van der Waals surface area contributed by atoms with Crippen LogP contribution in [0.25, 0.3) is 0 Å². The van der Waals surface area contributed by atoms with Gasteiger partial charge in [0.05, 0.1) is 0 Å². The van der Waals surface area contributed by atoms with E-state index in [1.165, 1.54) is 0 Å². The van der Waals surface area contributed by atoms with E-state index in [2.05, 4.69) is 44.6 Å². The SMILES string of the molecule is CC(C)c1nc(=S)cc(C(C)(C)C)[nH]1. The molecule has 78 valence electrons. The number of rotatable bonds is 1. The van der Waals surface area contributed by atoms with Crippen LogP contribution in [0.4, 0.5) is 0 Å². The molecule has 1 N–H and O–H groups in total.